The zero-order valence-corrected chi connectivity index (χ0v) is 23.1. The van der Waals surface area contributed by atoms with Crippen molar-refractivity contribution in [2.45, 2.75) is 51.0 Å². The molecule has 38 heavy (non-hydrogen) atoms. The number of amides is 1. The van der Waals surface area contributed by atoms with Crippen molar-refractivity contribution in [1.82, 2.24) is 9.80 Å². The summed E-state index contributed by atoms with van der Waals surface area (Å²) in [4.78, 5) is 18.3. The monoisotopic (exact) mass is 544 g/mol. The molecule has 2 aliphatic heterocycles. The highest BCUT2D eigenvalue weighted by Crippen LogP contribution is 2.46. The van der Waals surface area contributed by atoms with Gasteiger partial charge in [-0.3, -0.25) is 4.79 Å². The Bertz CT molecular complexity index is 1120. The predicted molar refractivity (Wildman–Crippen MR) is 146 cm³/mol. The van der Waals surface area contributed by atoms with Gasteiger partial charge in [0.1, 0.15) is 0 Å². The largest absolute Gasteiger partial charge is 0.453 e. The van der Waals surface area contributed by atoms with Crippen LogP contribution in [0.5, 0.6) is 11.5 Å². The lowest BCUT2D eigenvalue weighted by molar-refractivity contribution is 0.0601. The van der Waals surface area contributed by atoms with E-state index in [4.69, 9.17) is 25.8 Å². The molecule has 0 bridgehead atoms. The number of carbonyl (C=O) groups is 1. The lowest BCUT2D eigenvalue weighted by atomic mass is 9.85. The van der Waals surface area contributed by atoms with Crippen molar-refractivity contribution < 1.29 is 23.4 Å². The van der Waals surface area contributed by atoms with Gasteiger partial charge in [-0.1, -0.05) is 36.7 Å². The maximum absolute atomic E-state index is 15.4. The van der Waals surface area contributed by atoms with Crippen molar-refractivity contribution in [3.63, 3.8) is 0 Å². The zero-order chi connectivity index (χ0) is 26.6. The summed E-state index contributed by atoms with van der Waals surface area (Å²) in [5.41, 5.74) is 1.16. The van der Waals surface area contributed by atoms with E-state index in [1.807, 2.05) is 23.1 Å². The van der Waals surface area contributed by atoms with Gasteiger partial charge in [0.05, 0.1) is 5.56 Å². The highest BCUT2D eigenvalue weighted by atomic mass is 35.5. The number of ether oxygens (including phenoxy) is 3. The minimum absolute atomic E-state index is 0.0160. The van der Waals surface area contributed by atoms with Crippen LogP contribution in [0.1, 0.15) is 60.9 Å². The van der Waals surface area contributed by atoms with E-state index in [0.717, 1.165) is 42.4 Å². The van der Waals surface area contributed by atoms with E-state index in [9.17, 15) is 4.79 Å². The van der Waals surface area contributed by atoms with Crippen LogP contribution in [-0.4, -0.2) is 68.4 Å². The fourth-order valence-corrected chi connectivity index (χ4v) is 6.75. The third-order valence-electron chi connectivity index (χ3n) is 8.58. The first-order valence-electron chi connectivity index (χ1n) is 13.8. The average Bonchev–Trinajstić information content (AvgIpc) is 3.57. The van der Waals surface area contributed by atoms with Gasteiger partial charge >= 0.3 is 0 Å². The van der Waals surface area contributed by atoms with Gasteiger partial charge < -0.3 is 24.0 Å². The van der Waals surface area contributed by atoms with Gasteiger partial charge in [0.2, 0.25) is 12.5 Å². The van der Waals surface area contributed by atoms with Gasteiger partial charge in [0.15, 0.2) is 11.6 Å². The van der Waals surface area contributed by atoms with Gasteiger partial charge in [-0.05, 0) is 86.7 Å². The lowest BCUT2D eigenvalue weighted by Crippen LogP contribution is -2.48. The molecular formula is C30H38ClFN2O4. The first kappa shape index (κ1) is 27.2. The third-order valence-corrected chi connectivity index (χ3v) is 8.92. The summed E-state index contributed by atoms with van der Waals surface area (Å²) in [7, 11) is 1.65. The topological polar surface area (TPSA) is 51.2 Å². The zero-order valence-electron chi connectivity index (χ0n) is 22.3. The molecule has 0 aromatic heterocycles. The number of rotatable bonds is 9. The number of halogens is 2. The molecule has 3 atom stereocenters. The molecular weight excluding hydrogens is 507 g/mol. The molecule has 1 amide bonds. The molecule has 206 valence electrons. The molecule has 1 saturated carbocycles. The Kier molecular flexibility index (Phi) is 8.76. The molecule has 1 aliphatic carbocycles. The molecule has 1 saturated heterocycles. The first-order chi connectivity index (χ1) is 18.5. The Balaban J connectivity index is 1.45. The minimum Gasteiger partial charge on any atom is -0.453 e. The van der Waals surface area contributed by atoms with Crippen molar-refractivity contribution in [2.75, 3.05) is 46.7 Å². The number of hydrogen-bond acceptors (Lipinski definition) is 5. The van der Waals surface area contributed by atoms with Crippen LogP contribution in [-0.2, 0) is 4.74 Å². The molecule has 3 unspecified atom stereocenters. The van der Waals surface area contributed by atoms with Gasteiger partial charge in [0, 0.05) is 37.9 Å². The van der Waals surface area contributed by atoms with Crippen LogP contribution in [0.2, 0.25) is 5.02 Å². The minimum atomic E-state index is -0.655. The molecule has 0 N–H and O–H groups in total. The van der Waals surface area contributed by atoms with E-state index >= 15 is 4.39 Å². The first-order valence-corrected chi connectivity index (χ1v) is 14.2. The van der Waals surface area contributed by atoms with Gasteiger partial charge in [0.25, 0.3) is 5.91 Å². The summed E-state index contributed by atoms with van der Waals surface area (Å²) in [5.74, 6) is 0.526. The highest BCUT2D eigenvalue weighted by molar-refractivity contribution is 6.31. The number of methoxy groups -OCH3 is 1. The van der Waals surface area contributed by atoms with Crippen LogP contribution >= 0.6 is 11.6 Å². The Labute approximate surface area is 230 Å². The maximum Gasteiger partial charge on any atom is 0.256 e. The Morgan fingerprint density at radius 3 is 2.68 bits per heavy atom. The van der Waals surface area contributed by atoms with Crippen LogP contribution < -0.4 is 9.47 Å². The van der Waals surface area contributed by atoms with Gasteiger partial charge in [-0.15, -0.1) is 0 Å². The molecule has 2 aromatic carbocycles. The van der Waals surface area contributed by atoms with E-state index in [-0.39, 0.29) is 35.8 Å². The SMILES string of the molecule is COCCCN(CC1C(c2ccccc2Cl)CCC1N1CCC(C)CC1)C(=O)c1ccc2c(c1F)OCO2. The van der Waals surface area contributed by atoms with Crippen LogP contribution in [0.15, 0.2) is 36.4 Å². The second kappa shape index (κ2) is 12.2. The molecule has 5 rings (SSSR count). The lowest BCUT2D eigenvalue weighted by Gasteiger charge is -2.40. The van der Waals surface area contributed by atoms with E-state index in [1.54, 1.807) is 13.2 Å². The molecule has 0 radical (unpaired) electrons. The van der Waals surface area contributed by atoms with E-state index in [0.29, 0.717) is 37.9 Å². The molecule has 6 nitrogen and oxygen atoms in total. The number of hydrogen-bond donors (Lipinski definition) is 0. The fourth-order valence-electron chi connectivity index (χ4n) is 6.47. The number of nitrogens with zero attached hydrogens (tertiary/aromatic N) is 2. The normalized spacial score (nSPS) is 23.6. The molecule has 8 heteroatoms. The van der Waals surface area contributed by atoms with Crippen molar-refractivity contribution >= 4 is 17.5 Å². The van der Waals surface area contributed by atoms with Crippen LogP contribution in [0, 0.1) is 17.7 Å². The molecule has 2 heterocycles. The molecule has 2 fully saturated rings. The number of likely N-dealkylation sites (tertiary alicyclic amines) is 1. The average molecular weight is 545 g/mol. The highest BCUT2D eigenvalue weighted by Gasteiger charge is 2.43. The smallest absolute Gasteiger partial charge is 0.256 e. The van der Waals surface area contributed by atoms with E-state index in [2.05, 4.69) is 17.9 Å². The second-order valence-electron chi connectivity index (χ2n) is 10.9. The standard InChI is InChI=1S/C30H38ClFN2O4/c1-20-12-15-33(16-13-20)26-10-8-21(22-6-3-4-7-25(22)31)24(26)18-34(14-5-17-36-2)30(35)23-9-11-27-29(28(23)32)38-19-37-27/h3-4,6-7,9,11,20-21,24,26H,5,8,10,12-19H2,1-2H3. The Morgan fingerprint density at radius 1 is 1.13 bits per heavy atom. The van der Waals surface area contributed by atoms with Crippen molar-refractivity contribution in [1.29, 1.82) is 0 Å². The van der Waals surface area contributed by atoms with Crippen molar-refractivity contribution in [3.8, 4) is 11.5 Å². The summed E-state index contributed by atoms with van der Waals surface area (Å²) in [5, 5.41) is 0.773. The Morgan fingerprint density at radius 2 is 1.92 bits per heavy atom. The molecule has 0 spiro atoms. The Hall–Kier alpha value is -2.35. The third kappa shape index (κ3) is 5.65. The maximum atomic E-state index is 15.4. The number of carbonyl (C=O) groups excluding carboxylic acids is 1. The quantitative estimate of drug-likeness (QED) is 0.363. The van der Waals surface area contributed by atoms with E-state index in [1.165, 1.54) is 18.9 Å². The van der Waals surface area contributed by atoms with Gasteiger partial charge in [-0.25, -0.2) is 4.39 Å². The summed E-state index contributed by atoms with van der Waals surface area (Å²) >= 11 is 6.71. The summed E-state index contributed by atoms with van der Waals surface area (Å²) in [6.45, 7) is 5.97. The van der Waals surface area contributed by atoms with Gasteiger partial charge in [-0.2, -0.15) is 0 Å². The summed E-state index contributed by atoms with van der Waals surface area (Å²) in [6, 6.07) is 11.6. The van der Waals surface area contributed by atoms with Crippen LogP contribution in [0.3, 0.4) is 0 Å². The van der Waals surface area contributed by atoms with Crippen LogP contribution in [0.4, 0.5) is 4.39 Å². The molecule has 2 aromatic rings. The number of benzene rings is 2. The fraction of sp³-hybridized carbons (Fsp3) is 0.567. The summed E-state index contributed by atoms with van der Waals surface area (Å²) in [6.07, 6.45) is 5.14. The number of piperidine rings is 1. The molecule has 3 aliphatic rings. The van der Waals surface area contributed by atoms with Crippen molar-refractivity contribution in [2.24, 2.45) is 11.8 Å². The van der Waals surface area contributed by atoms with E-state index < -0.39 is 5.82 Å². The van der Waals surface area contributed by atoms with Crippen LogP contribution in [0.25, 0.3) is 0 Å². The summed E-state index contributed by atoms with van der Waals surface area (Å²) < 4.78 is 31.3. The number of fused-ring (bicyclic) bond motifs is 1. The predicted octanol–water partition coefficient (Wildman–Crippen LogP) is 5.98. The second-order valence-corrected chi connectivity index (χ2v) is 11.3. The van der Waals surface area contributed by atoms with Crippen molar-refractivity contribution in [3.05, 3.63) is 58.4 Å².